The number of hydrogen-bond donors (Lipinski definition) is 2. The van der Waals surface area contributed by atoms with Gasteiger partial charge in [0.25, 0.3) is 5.69 Å². The largest absolute Gasteiger partial charge is 0.790 e. The van der Waals surface area contributed by atoms with Gasteiger partial charge in [-0.15, -0.1) is 11.8 Å². The molecule has 2 atom stereocenters. The number of hydrogen-bond acceptors (Lipinski definition) is 10. The predicted octanol–water partition coefficient (Wildman–Crippen LogP) is 21.4. The molecule has 0 heterocycles. The highest BCUT2D eigenvalue weighted by Crippen LogP contribution is 2.47. The average Bonchev–Trinajstić information content (AvgIpc) is 0.789. The van der Waals surface area contributed by atoms with Crippen LogP contribution in [0.25, 0.3) is 0 Å². The summed E-state index contributed by atoms with van der Waals surface area (Å²) in [4.78, 5) is 29.9. The zero-order chi connectivity index (χ0) is 73.1. The average molecular weight is 1350 g/mol. The number of phosphoric acid groups is 1. The summed E-state index contributed by atoms with van der Waals surface area (Å²) in [6.45, 7) is 30.5. The number of nitro benzene ring substituents is 1. The molecule has 0 aliphatic carbocycles. The Bertz CT molecular complexity index is 2950. The van der Waals surface area contributed by atoms with E-state index in [1.807, 2.05) is 140 Å². The Morgan fingerprint density at radius 3 is 0.897 bits per heavy atom. The van der Waals surface area contributed by atoms with Crippen molar-refractivity contribution in [3.63, 3.8) is 0 Å². The molecule has 97 heavy (non-hydrogen) atoms. The van der Waals surface area contributed by atoms with Crippen LogP contribution >= 0.6 is 19.6 Å². The standard InChI is InChI=1S/C20H19N.C20H18O.C20H18S.C9H11NO2.C4H11O5P.6C2H6/c3*1-21-20(17-11-5-2-6-12-17,18-13-7-3-8-14-18)19-15-9-4-10-16-19;1-3-8-6-7(2)4-5-9(8)10(11)12;1-3(5)4(2)9-10(6,7)8;6*1-2/h2-16,21H,1H3;2*2-16H,1H3;4-6H,3H2,1-2H3;3-5H,1-2H3,(H2,6,7,8);6*1-2H3/p-2. The molecular formula is C85H111N2O8PS-2. The minimum absolute atomic E-state index is 0.163. The van der Waals surface area contributed by atoms with Crippen molar-refractivity contribution in [2.24, 2.45) is 0 Å². The van der Waals surface area contributed by atoms with Gasteiger partial charge in [-0.3, -0.25) is 10.1 Å². The molecular weight excluding hydrogens is 1240 g/mol. The number of rotatable bonds is 17. The first kappa shape index (κ1) is 88.9. The van der Waals surface area contributed by atoms with Crippen LogP contribution in [0.1, 0.15) is 165 Å². The maximum Gasteiger partial charge on any atom is 0.272 e. The van der Waals surface area contributed by atoms with E-state index in [4.69, 9.17) is 9.84 Å². The van der Waals surface area contributed by atoms with Crippen LogP contribution in [-0.4, -0.2) is 42.7 Å². The third-order valence-electron chi connectivity index (χ3n) is 14.5. The van der Waals surface area contributed by atoms with Crippen LogP contribution in [0, 0.1) is 17.0 Å². The van der Waals surface area contributed by atoms with Crippen LogP contribution in [0.4, 0.5) is 5.69 Å². The second-order valence-electron chi connectivity index (χ2n) is 19.8. The number of ether oxygens (including phenoxy) is 1. The van der Waals surface area contributed by atoms with E-state index >= 15 is 0 Å². The van der Waals surface area contributed by atoms with Crippen molar-refractivity contribution in [2.45, 2.75) is 145 Å². The monoisotopic (exact) mass is 1350 g/mol. The van der Waals surface area contributed by atoms with E-state index in [9.17, 15) is 24.5 Å². The van der Waals surface area contributed by atoms with Gasteiger partial charge in [-0.2, -0.15) is 0 Å². The lowest BCUT2D eigenvalue weighted by Crippen LogP contribution is -2.42. The molecule has 0 amide bonds. The first-order chi connectivity index (χ1) is 47.1. The zero-order valence-electron chi connectivity index (χ0n) is 61.2. The van der Waals surface area contributed by atoms with Crippen LogP contribution < -0.4 is 15.1 Å². The van der Waals surface area contributed by atoms with Crippen LogP contribution in [0.2, 0.25) is 0 Å². The molecule has 2 N–H and O–H groups in total. The summed E-state index contributed by atoms with van der Waals surface area (Å²) in [5.74, 6) is 0. The van der Waals surface area contributed by atoms with E-state index in [1.165, 1.54) is 47.2 Å². The highest BCUT2D eigenvalue weighted by molar-refractivity contribution is 8.00. The number of nitrogens with zero attached hydrogens (tertiary/aromatic N) is 1. The van der Waals surface area contributed by atoms with Crippen molar-refractivity contribution in [1.29, 1.82) is 0 Å². The van der Waals surface area contributed by atoms with E-state index in [1.54, 1.807) is 19.2 Å². The summed E-state index contributed by atoms with van der Waals surface area (Å²) < 4.78 is 19.7. The quantitative estimate of drug-likeness (QED) is 0.0389. The van der Waals surface area contributed by atoms with Gasteiger partial charge in [-0.05, 0) is 96.6 Å². The molecule has 0 spiro atoms. The van der Waals surface area contributed by atoms with Crippen molar-refractivity contribution in [1.82, 2.24) is 5.32 Å². The van der Waals surface area contributed by atoms with Crippen molar-refractivity contribution in [3.8, 4) is 0 Å². The van der Waals surface area contributed by atoms with E-state index < -0.39 is 25.6 Å². The second-order valence-corrected chi connectivity index (χ2v) is 21.9. The van der Waals surface area contributed by atoms with Crippen molar-refractivity contribution < 1.29 is 33.6 Å². The van der Waals surface area contributed by atoms with Crippen LogP contribution in [-0.2, 0) is 36.1 Å². The summed E-state index contributed by atoms with van der Waals surface area (Å²) >= 11 is 1.88. The highest BCUT2D eigenvalue weighted by Gasteiger charge is 2.37. The molecule has 0 aliphatic heterocycles. The maximum atomic E-state index is 10.5. The summed E-state index contributed by atoms with van der Waals surface area (Å²) in [5, 5.41) is 22.7. The van der Waals surface area contributed by atoms with E-state index in [0.717, 1.165) is 27.8 Å². The molecule has 10 aromatic carbocycles. The summed E-state index contributed by atoms with van der Waals surface area (Å²) in [7, 11) is -1.14. The molecule has 10 aromatic rings. The fourth-order valence-corrected chi connectivity index (χ4v) is 11.9. The number of nitro groups is 1. The number of thioether (sulfide) groups is 1. The lowest BCUT2D eigenvalue weighted by molar-refractivity contribution is -0.385. The number of benzene rings is 10. The molecule has 0 aromatic heterocycles. The van der Waals surface area contributed by atoms with E-state index in [-0.39, 0.29) is 20.9 Å². The van der Waals surface area contributed by atoms with Crippen molar-refractivity contribution >= 4 is 25.3 Å². The Morgan fingerprint density at radius 2 is 0.711 bits per heavy atom. The SMILES string of the molecule is CC.CC.CC.CC.CC.CC.CC(O)C(C)OP(=O)([O-])[O-].CCc1cc(C)ccc1[N+](=O)[O-].CNC(c1ccccc1)(c1ccccc1)c1ccccc1.COC(c1ccccc1)(c1ccccc1)c1ccccc1.CSC(c1ccccc1)(c1ccccc1)c1ccccc1. The molecule has 10 rings (SSSR count). The third-order valence-corrected chi connectivity index (χ3v) is 16.4. The first-order valence-electron chi connectivity index (χ1n) is 34.0. The highest BCUT2D eigenvalue weighted by atomic mass is 32.2. The molecule has 0 saturated heterocycles. The Balaban J connectivity index is 0.00000117. The van der Waals surface area contributed by atoms with Gasteiger partial charge in [0, 0.05) is 18.7 Å². The van der Waals surface area contributed by atoms with Crippen LogP contribution in [0.5, 0.6) is 0 Å². The fraction of sp³-hybridized carbons (Fsp3) is 0.294. The first-order valence-corrected chi connectivity index (χ1v) is 36.7. The van der Waals surface area contributed by atoms with Crippen LogP contribution in [0.3, 0.4) is 0 Å². The number of aryl methyl sites for hydroxylation is 2. The van der Waals surface area contributed by atoms with Gasteiger partial charge in [0.15, 0.2) is 0 Å². The minimum Gasteiger partial charge on any atom is -0.790 e. The fourth-order valence-electron chi connectivity index (χ4n) is 10.2. The van der Waals surface area contributed by atoms with Gasteiger partial charge in [0.1, 0.15) is 5.60 Å². The van der Waals surface area contributed by atoms with E-state index in [2.05, 4.69) is 271 Å². The predicted molar refractivity (Wildman–Crippen MR) is 412 cm³/mol. The molecule has 0 radical (unpaired) electrons. The lowest BCUT2D eigenvalue weighted by Gasteiger charge is -2.35. The minimum atomic E-state index is -4.94. The van der Waals surface area contributed by atoms with Crippen LogP contribution in [0.15, 0.2) is 291 Å². The number of nitrogens with one attached hydrogen (secondary N) is 1. The lowest BCUT2D eigenvalue weighted by atomic mass is 9.77. The molecule has 0 bridgehead atoms. The summed E-state index contributed by atoms with van der Waals surface area (Å²) in [6.07, 6.45) is 0.961. The number of aliphatic hydroxyl groups is 1. The topological polar surface area (TPSA) is 157 Å². The van der Waals surface area contributed by atoms with Gasteiger partial charge in [-0.25, -0.2) is 0 Å². The Kier molecular flexibility index (Phi) is 46.9. The number of methoxy groups -OCH3 is 1. The second kappa shape index (κ2) is 51.2. The van der Waals surface area contributed by atoms with Gasteiger partial charge in [-0.1, -0.05) is 375 Å². The molecule has 0 aliphatic rings. The number of phosphoric ester groups is 1. The van der Waals surface area contributed by atoms with E-state index in [0.29, 0.717) is 6.42 Å². The molecule has 0 saturated carbocycles. The molecule has 522 valence electrons. The zero-order valence-corrected chi connectivity index (χ0v) is 62.9. The summed E-state index contributed by atoms with van der Waals surface area (Å²) in [5.41, 5.74) is 12.2. The van der Waals surface area contributed by atoms with Crippen molar-refractivity contribution in [3.05, 3.63) is 362 Å². The van der Waals surface area contributed by atoms with Crippen molar-refractivity contribution in [2.75, 3.05) is 20.4 Å². The van der Waals surface area contributed by atoms with Gasteiger partial charge in [0.05, 0.1) is 35.2 Å². The molecule has 12 heteroatoms. The Hall–Kier alpha value is -8.06. The molecule has 0 fully saturated rings. The summed E-state index contributed by atoms with van der Waals surface area (Å²) in [6, 6.07) is 100. The Labute approximate surface area is 589 Å². The number of aliphatic hydroxyl groups excluding tert-OH is 1. The van der Waals surface area contributed by atoms with Gasteiger partial charge < -0.3 is 34.0 Å². The van der Waals surface area contributed by atoms with Gasteiger partial charge in [0.2, 0.25) is 0 Å². The molecule has 2 unspecified atom stereocenters. The Morgan fingerprint density at radius 1 is 0.464 bits per heavy atom. The maximum absolute atomic E-state index is 10.5. The third kappa shape index (κ3) is 27.1. The molecule has 10 nitrogen and oxygen atoms in total. The normalized spacial score (nSPS) is 10.8. The van der Waals surface area contributed by atoms with Gasteiger partial charge >= 0.3 is 0 Å². The smallest absolute Gasteiger partial charge is 0.272 e.